The van der Waals surface area contributed by atoms with Crippen LogP contribution in [0.4, 0.5) is 0 Å². The molecular weight excluding hydrogens is 286 g/mol. The second-order valence-corrected chi connectivity index (χ2v) is 6.71. The van der Waals surface area contributed by atoms with Crippen LogP contribution < -0.4 is 0 Å². The molecule has 122 valence electrons. The molecule has 1 fully saturated rings. The van der Waals surface area contributed by atoms with Gasteiger partial charge in [-0.25, -0.2) is 0 Å². The molecule has 23 heavy (non-hydrogen) atoms. The molecule has 0 spiro atoms. The van der Waals surface area contributed by atoms with Gasteiger partial charge in [-0.1, -0.05) is 36.8 Å². The second kappa shape index (κ2) is 6.57. The van der Waals surface area contributed by atoms with Crippen LogP contribution >= 0.6 is 0 Å². The standard InChI is InChI=1S/C19H25N3O/c1-14(2)22-13-12-17(20-22)19(23)21(3)18-11-7-10-16(18)15-8-5-4-6-9-15/h4-6,8-9,12-14,16,18H,7,10-11H2,1-3H3/t16-,18+/m1/s1. The first-order chi connectivity index (χ1) is 11.1. The minimum absolute atomic E-state index is 0.0252. The van der Waals surface area contributed by atoms with Gasteiger partial charge in [0.25, 0.3) is 5.91 Å². The summed E-state index contributed by atoms with van der Waals surface area (Å²) in [6.45, 7) is 4.13. The highest BCUT2D eigenvalue weighted by Gasteiger charge is 2.34. The van der Waals surface area contributed by atoms with Gasteiger partial charge in [0.15, 0.2) is 0 Å². The van der Waals surface area contributed by atoms with Crippen LogP contribution in [0.5, 0.6) is 0 Å². The van der Waals surface area contributed by atoms with Gasteiger partial charge in [-0.05, 0) is 38.3 Å². The number of nitrogens with zero attached hydrogens (tertiary/aromatic N) is 3. The minimum Gasteiger partial charge on any atom is -0.337 e. The predicted octanol–water partition coefficient (Wildman–Crippen LogP) is 3.87. The van der Waals surface area contributed by atoms with E-state index in [4.69, 9.17) is 0 Å². The Balaban J connectivity index is 1.78. The number of likely N-dealkylation sites (N-methyl/N-ethyl adjacent to an activating group) is 1. The van der Waals surface area contributed by atoms with E-state index in [-0.39, 0.29) is 18.0 Å². The molecule has 1 amide bonds. The van der Waals surface area contributed by atoms with Crippen LogP contribution in [0.3, 0.4) is 0 Å². The monoisotopic (exact) mass is 311 g/mol. The minimum atomic E-state index is 0.0252. The van der Waals surface area contributed by atoms with Crippen molar-refractivity contribution in [2.24, 2.45) is 0 Å². The van der Waals surface area contributed by atoms with Crippen LogP contribution in [-0.4, -0.2) is 33.7 Å². The lowest BCUT2D eigenvalue weighted by Crippen LogP contribution is -2.38. The van der Waals surface area contributed by atoms with Crippen LogP contribution in [0.2, 0.25) is 0 Å². The van der Waals surface area contributed by atoms with Crippen LogP contribution in [-0.2, 0) is 0 Å². The van der Waals surface area contributed by atoms with E-state index in [1.54, 1.807) is 0 Å². The van der Waals surface area contributed by atoms with Crippen molar-refractivity contribution in [3.8, 4) is 0 Å². The second-order valence-electron chi connectivity index (χ2n) is 6.71. The molecule has 1 aromatic heterocycles. The number of aromatic nitrogens is 2. The Hall–Kier alpha value is -2.10. The molecule has 3 rings (SSSR count). The molecule has 1 heterocycles. The van der Waals surface area contributed by atoms with E-state index in [1.807, 2.05) is 35.0 Å². The van der Waals surface area contributed by atoms with Crippen molar-refractivity contribution in [3.63, 3.8) is 0 Å². The fraction of sp³-hybridized carbons (Fsp3) is 0.474. The highest BCUT2D eigenvalue weighted by molar-refractivity contribution is 5.92. The molecule has 0 N–H and O–H groups in total. The van der Waals surface area contributed by atoms with Crippen LogP contribution in [0.1, 0.15) is 61.1 Å². The fourth-order valence-electron chi connectivity index (χ4n) is 3.56. The molecular formula is C19H25N3O. The number of carbonyl (C=O) groups is 1. The van der Waals surface area contributed by atoms with Gasteiger partial charge >= 0.3 is 0 Å². The Morgan fingerprint density at radius 3 is 2.61 bits per heavy atom. The SMILES string of the molecule is CC(C)n1ccc(C(=O)N(C)[C@H]2CCC[C@@H]2c2ccccc2)n1. The van der Waals surface area contributed by atoms with Crippen molar-refractivity contribution >= 4 is 5.91 Å². The van der Waals surface area contributed by atoms with E-state index >= 15 is 0 Å². The summed E-state index contributed by atoms with van der Waals surface area (Å²) in [5.74, 6) is 0.453. The van der Waals surface area contributed by atoms with E-state index in [0.29, 0.717) is 11.6 Å². The van der Waals surface area contributed by atoms with Crippen LogP contribution in [0.25, 0.3) is 0 Å². The van der Waals surface area contributed by atoms with Gasteiger partial charge in [0.05, 0.1) is 0 Å². The van der Waals surface area contributed by atoms with Gasteiger partial charge in [-0.2, -0.15) is 5.10 Å². The van der Waals surface area contributed by atoms with E-state index in [1.165, 1.54) is 12.0 Å². The highest BCUT2D eigenvalue weighted by atomic mass is 16.2. The summed E-state index contributed by atoms with van der Waals surface area (Å²) < 4.78 is 1.84. The first-order valence-corrected chi connectivity index (χ1v) is 8.45. The molecule has 1 aliphatic rings. The van der Waals surface area contributed by atoms with Gasteiger partial charge in [-0.3, -0.25) is 9.48 Å². The van der Waals surface area contributed by atoms with Crippen molar-refractivity contribution in [1.82, 2.24) is 14.7 Å². The molecule has 0 bridgehead atoms. The van der Waals surface area contributed by atoms with Gasteiger partial charge in [0, 0.05) is 31.2 Å². The van der Waals surface area contributed by atoms with E-state index in [9.17, 15) is 4.79 Å². The van der Waals surface area contributed by atoms with Gasteiger partial charge in [0.1, 0.15) is 5.69 Å². The quantitative estimate of drug-likeness (QED) is 0.859. The van der Waals surface area contributed by atoms with Gasteiger partial charge in [0.2, 0.25) is 0 Å². The fourth-order valence-corrected chi connectivity index (χ4v) is 3.56. The van der Waals surface area contributed by atoms with Gasteiger partial charge in [-0.15, -0.1) is 0 Å². The highest BCUT2D eigenvalue weighted by Crippen LogP contribution is 2.37. The molecule has 0 radical (unpaired) electrons. The first kappa shape index (κ1) is 15.8. The number of rotatable bonds is 4. The van der Waals surface area contributed by atoms with E-state index in [2.05, 4.69) is 43.2 Å². The molecule has 4 nitrogen and oxygen atoms in total. The van der Waals surface area contributed by atoms with Crippen molar-refractivity contribution < 1.29 is 4.79 Å². The van der Waals surface area contributed by atoms with Gasteiger partial charge < -0.3 is 4.90 Å². The number of hydrogen-bond donors (Lipinski definition) is 0. The maximum absolute atomic E-state index is 12.8. The maximum Gasteiger partial charge on any atom is 0.274 e. The number of benzene rings is 1. The Morgan fingerprint density at radius 2 is 1.96 bits per heavy atom. The normalized spacial score (nSPS) is 20.9. The predicted molar refractivity (Wildman–Crippen MR) is 91.5 cm³/mol. The summed E-state index contributed by atoms with van der Waals surface area (Å²) in [4.78, 5) is 14.7. The molecule has 0 aliphatic heterocycles. The lowest BCUT2D eigenvalue weighted by Gasteiger charge is -2.29. The summed E-state index contributed by atoms with van der Waals surface area (Å²) in [6.07, 6.45) is 5.26. The van der Waals surface area contributed by atoms with Crippen molar-refractivity contribution in [1.29, 1.82) is 0 Å². The summed E-state index contributed by atoms with van der Waals surface area (Å²) in [6, 6.07) is 12.9. The Labute approximate surface area is 138 Å². The summed E-state index contributed by atoms with van der Waals surface area (Å²) in [5, 5.41) is 4.43. The third-order valence-electron chi connectivity index (χ3n) is 4.88. The zero-order valence-electron chi connectivity index (χ0n) is 14.1. The first-order valence-electron chi connectivity index (χ1n) is 8.45. The smallest absolute Gasteiger partial charge is 0.274 e. The Kier molecular flexibility index (Phi) is 4.51. The molecule has 0 saturated heterocycles. The third-order valence-corrected chi connectivity index (χ3v) is 4.88. The molecule has 0 unspecified atom stereocenters. The average Bonchev–Trinajstić information content (AvgIpc) is 3.23. The number of hydrogen-bond acceptors (Lipinski definition) is 2. The van der Waals surface area contributed by atoms with Crippen LogP contribution in [0, 0.1) is 0 Å². The van der Waals surface area contributed by atoms with Crippen molar-refractivity contribution in [3.05, 3.63) is 53.9 Å². The number of carbonyl (C=O) groups excluding carboxylic acids is 1. The topological polar surface area (TPSA) is 38.1 Å². The van der Waals surface area contributed by atoms with Crippen molar-refractivity contribution in [2.45, 2.75) is 51.1 Å². The third kappa shape index (κ3) is 3.16. The van der Waals surface area contributed by atoms with Crippen LogP contribution in [0.15, 0.2) is 42.6 Å². The molecule has 1 aromatic carbocycles. The summed E-state index contributed by atoms with van der Waals surface area (Å²) in [7, 11) is 1.92. The summed E-state index contributed by atoms with van der Waals surface area (Å²) in [5.41, 5.74) is 1.88. The largest absolute Gasteiger partial charge is 0.337 e. The molecule has 1 saturated carbocycles. The number of amides is 1. The maximum atomic E-state index is 12.8. The van der Waals surface area contributed by atoms with E-state index in [0.717, 1.165) is 12.8 Å². The lowest BCUT2D eigenvalue weighted by atomic mass is 9.93. The van der Waals surface area contributed by atoms with E-state index < -0.39 is 0 Å². The molecule has 2 aromatic rings. The Morgan fingerprint density at radius 1 is 1.22 bits per heavy atom. The Bertz CT molecular complexity index is 662. The average molecular weight is 311 g/mol. The molecule has 1 aliphatic carbocycles. The molecule has 4 heteroatoms. The lowest BCUT2D eigenvalue weighted by molar-refractivity contribution is 0.0715. The zero-order valence-corrected chi connectivity index (χ0v) is 14.1. The molecule has 2 atom stereocenters. The summed E-state index contributed by atoms with van der Waals surface area (Å²) >= 11 is 0. The zero-order chi connectivity index (χ0) is 16.4. The van der Waals surface area contributed by atoms with Crippen molar-refractivity contribution in [2.75, 3.05) is 7.05 Å².